The van der Waals surface area contributed by atoms with E-state index in [0.29, 0.717) is 6.61 Å². The van der Waals surface area contributed by atoms with Gasteiger partial charge in [-0.05, 0) is 38.3 Å². The SMILES string of the molecule is CN=C(NCCCOc1ccccc1)N1CCN(C(C)C(=O)N2CCCC2)CC1. The molecule has 3 rings (SSSR count). The fraction of sp³-hybridized carbons (Fsp3) is 0.636. The highest BCUT2D eigenvalue weighted by Crippen LogP contribution is 2.14. The summed E-state index contributed by atoms with van der Waals surface area (Å²) in [4.78, 5) is 23.7. The summed E-state index contributed by atoms with van der Waals surface area (Å²) in [7, 11) is 1.83. The number of benzene rings is 1. The van der Waals surface area contributed by atoms with Gasteiger partial charge in [0.25, 0.3) is 0 Å². The second kappa shape index (κ2) is 11.0. The second-order valence-corrected chi connectivity index (χ2v) is 7.72. The third kappa shape index (κ3) is 6.10. The topological polar surface area (TPSA) is 60.4 Å². The van der Waals surface area contributed by atoms with E-state index in [1.54, 1.807) is 0 Å². The largest absolute Gasteiger partial charge is 0.494 e. The molecule has 2 aliphatic rings. The number of ether oxygens (including phenoxy) is 1. The van der Waals surface area contributed by atoms with Crippen molar-refractivity contribution in [1.29, 1.82) is 0 Å². The molecular weight excluding hydrogens is 366 g/mol. The summed E-state index contributed by atoms with van der Waals surface area (Å²) in [5.74, 6) is 2.13. The quantitative estimate of drug-likeness (QED) is 0.428. The number of nitrogens with one attached hydrogen (secondary N) is 1. The predicted molar refractivity (Wildman–Crippen MR) is 116 cm³/mol. The molecular formula is C22H35N5O2. The normalized spacial score (nSPS) is 19.3. The fourth-order valence-corrected chi connectivity index (χ4v) is 3.99. The smallest absolute Gasteiger partial charge is 0.239 e. The average Bonchev–Trinajstić information content (AvgIpc) is 3.31. The Balaban J connectivity index is 1.35. The van der Waals surface area contributed by atoms with Gasteiger partial charge in [-0.1, -0.05) is 18.2 Å². The van der Waals surface area contributed by atoms with Crippen LogP contribution in [0.2, 0.25) is 0 Å². The van der Waals surface area contributed by atoms with Gasteiger partial charge in [-0.15, -0.1) is 0 Å². The maximum Gasteiger partial charge on any atom is 0.239 e. The fourth-order valence-electron chi connectivity index (χ4n) is 3.99. The van der Waals surface area contributed by atoms with Gasteiger partial charge in [0.15, 0.2) is 5.96 Å². The number of carbonyl (C=O) groups excluding carboxylic acids is 1. The Morgan fingerprint density at radius 3 is 2.41 bits per heavy atom. The first-order chi connectivity index (χ1) is 14.2. The molecule has 2 heterocycles. The van der Waals surface area contributed by atoms with Crippen molar-refractivity contribution in [3.8, 4) is 5.75 Å². The van der Waals surface area contributed by atoms with Crippen molar-refractivity contribution in [3.05, 3.63) is 30.3 Å². The lowest BCUT2D eigenvalue weighted by molar-refractivity contribution is -0.135. The minimum absolute atomic E-state index is 0.0274. The van der Waals surface area contributed by atoms with Crippen molar-refractivity contribution in [1.82, 2.24) is 20.0 Å². The summed E-state index contributed by atoms with van der Waals surface area (Å²) >= 11 is 0. The van der Waals surface area contributed by atoms with Crippen LogP contribution < -0.4 is 10.1 Å². The molecule has 0 saturated carbocycles. The molecule has 2 aliphatic heterocycles. The molecule has 1 amide bonds. The number of amides is 1. The number of likely N-dealkylation sites (tertiary alicyclic amines) is 1. The van der Waals surface area contributed by atoms with Gasteiger partial charge < -0.3 is 19.9 Å². The highest BCUT2D eigenvalue weighted by Gasteiger charge is 2.30. The van der Waals surface area contributed by atoms with Gasteiger partial charge in [0, 0.05) is 52.9 Å². The van der Waals surface area contributed by atoms with E-state index in [2.05, 4.69) is 27.0 Å². The first-order valence-corrected chi connectivity index (χ1v) is 10.9. The molecule has 0 spiro atoms. The number of piperazine rings is 1. The number of nitrogens with zero attached hydrogens (tertiary/aromatic N) is 4. The number of aliphatic imine (C=N–C) groups is 1. The Labute approximate surface area is 174 Å². The lowest BCUT2D eigenvalue weighted by Gasteiger charge is -2.39. The van der Waals surface area contributed by atoms with Crippen LogP contribution in [-0.2, 0) is 4.79 Å². The van der Waals surface area contributed by atoms with Crippen LogP contribution in [0.3, 0.4) is 0 Å². The molecule has 0 aromatic heterocycles. The Bertz CT molecular complexity index is 652. The third-order valence-electron chi connectivity index (χ3n) is 5.76. The minimum atomic E-state index is -0.0274. The third-order valence-corrected chi connectivity index (χ3v) is 5.76. The summed E-state index contributed by atoms with van der Waals surface area (Å²) < 4.78 is 5.74. The summed E-state index contributed by atoms with van der Waals surface area (Å²) in [5.41, 5.74) is 0. The van der Waals surface area contributed by atoms with Crippen LogP contribution in [0.15, 0.2) is 35.3 Å². The Morgan fingerprint density at radius 2 is 1.76 bits per heavy atom. The Kier molecular flexibility index (Phi) is 8.16. The number of hydrogen-bond acceptors (Lipinski definition) is 4. The van der Waals surface area contributed by atoms with Crippen LogP contribution in [0, 0.1) is 0 Å². The van der Waals surface area contributed by atoms with E-state index in [9.17, 15) is 4.79 Å². The van der Waals surface area contributed by atoms with Crippen LogP contribution in [0.5, 0.6) is 5.75 Å². The molecule has 2 fully saturated rings. The number of guanidine groups is 1. The van der Waals surface area contributed by atoms with Gasteiger partial charge in [0.2, 0.25) is 5.91 Å². The van der Waals surface area contributed by atoms with Crippen LogP contribution in [0.1, 0.15) is 26.2 Å². The molecule has 1 aromatic carbocycles. The first kappa shape index (κ1) is 21.4. The van der Waals surface area contributed by atoms with Crippen molar-refractivity contribution in [2.24, 2.45) is 4.99 Å². The summed E-state index contributed by atoms with van der Waals surface area (Å²) in [6.07, 6.45) is 3.20. The van der Waals surface area contributed by atoms with E-state index < -0.39 is 0 Å². The molecule has 160 valence electrons. The second-order valence-electron chi connectivity index (χ2n) is 7.72. The lowest BCUT2D eigenvalue weighted by Crippen LogP contribution is -2.57. The highest BCUT2D eigenvalue weighted by atomic mass is 16.5. The number of carbonyl (C=O) groups is 1. The zero-order valence-corrected chi connectivity index (χ0v) is 17.8. The lowest BCUT2D eigenvalue weighted by atomic mass is 10.2. The van der Waals surface area contributed by atoms with Crippen molar-refractivity contribution in [2.75, 3.05) is 59.5 Å². The molecule has 0 bridgehead atoms. The summed E-state index contributed by atoms with van der Waals surface area (Å²) in [5, 5.41) is 3.44. The van der Waals surface area contributed by atoms with Gasteiger partial charge in [0.05, 0.1) is 12.6 Å². The maximum atomic E-state index is 12.6. The average molecular weight is 402 g/mol. The molecule has 7 nitrogen and oxygen atoms in total. The summed E-state index contributed by atoms with van der Waals surface area (Å²) in [6, 6.07) is 9.87. The van der Waals surface area contributed by atoms with E-state index in [4.69, 9.17) is 4.74 Å². The molecule has 1 aromatic rings. The highest BCUT2D eigenvalue weighted by molar-refractivity contribution is 5.82. The van der Waals surface area contributed by atoms with Gasteiger partial charge >= 0.3 is 0 Å². The van der Waals surface area contributed by atoms with Crippen molar-refractivity contribution in [3.63, 3.8) is 0 Å². The molecule has 1 atom stereocenters. The van der Waals surface area contributed by atoms with E-state index >= 15 is 0 Å². The predicted octanol–water partition coefficient (Wildman–Crippen LogP) is 1.66. The molecule has 0 radical (unpaired) electrons. The number of para-hydroxylation sites is 1. The van der Waals surface area contributed by atoms with Crippen molar-refractivity contribution < 1.29 is 9.53 Å². The minimum Gasteiger partial charge on any atom is -0.494 e. The molecule has 29 heavy (non-hydrogen) atoms. The van der Waals surface area contributed by atoms with E-state index in [-0.39, 0.29) is 11.9 Å². The number of hydrogen-bond donors (Lipinski definition) is 1. The zero-order chi connectivity index (χ0) is 20.5. The summed E-state index contributed by atoms with van der Waals surface area (Å²) in [6.45, 7) is 8.95. The van der Waals surface area contributed by atoms with Gasteiger partial charge in [-0.2, -0.15) is 0 Å². The molecule has 7 heteroatoms. The zero-order valence-electron chi connectivity index (χ0n) is 17.8. The van der Waals surface area contributed by atoms with E-state index in [1.165, 1.54) is 0 Å². The Morgan fingerprint density at radius 1 is 1.07 bits per heavy atom. The molecule has 1 unspecified atom stereocenters. The molecule has 1 N–H and O–H groups in total. The van der Waals surface area contributed by atoms with Gasteiger partial charge in [-0.25, -0.2) is 0 Å². The van der Waals surface area contributed by atoms with Crippen LogP contribution in [0.25, 0.3) is 0 Å². The molecule has 0 aliphatic carbocycles. The van der Waals surface area contributed by atoms with Crippen molar-refractivity contribution >= 4 is 11.9 Å². The maximum absolute atomic E-state index is 12.6. The van der Waals surface area contributed by atoms with Crippen molar-refractivity contribution in [2.45, 2.75) is 32.2 Å². The van der Waals surface area contributed by atoms with Crippen LogP contribution in [0.4, 0.5) is 0 Å². The van der Waals surface area contributed by atoms with E-state index in [0.717, 1.165) is 76.8 Å². The van der Waals surface area contributed by atoms with E-state index in [1.807, 2.05) is 42.3 Å². The van der Waals surface area contributed by atoms with Crippen LogP contribution in [-0.4, -0.2) is 92.1 Å². The van der Waals surface area contributed by atoms with Gasteiger partial charge in [0.1, 0.15) is 5.75 Å². The monoisotopic (exact) mass is 401 g/mol. The molecule has 2 saturated heterocycles. The van der Waals surface area contributed by atoms with Gasteiger partial charge in [-0.3, -0.25) is 14.7 Å². The first-order valence-electron chi connectivity index (χ1n) is 10.9. The Hall–Kier alpha value is -2.28. The standard InChI is InChI=1S/C22H35N5O2/c1-19(21(28)26-12-6-7-13-26)25-14-16-27(17-15-25)22(23-2)24-11-8-18-29-20-9-4-3-5-10-20/h3-5,9-10,19H,6-8,11-18H2,1-2H3,(H,23,24). The number of rotatable bonds is 7. The van der Waals surface area contributed by atoms with Crippen LogP contribution >= 0.6 is 0 Å².